The van der Waals surface area contributed by atoms with E-state index in [2.05, 4.69) is 26.3 Å². The molecule has 15 nitrogen and oxygen atoms in total. The number of hydrogen-bond donors (Lipinski definition) is 4. The van der Waals surface area contributed by atoms with Gasteiger partial charge in [0.15, 0.2) is 11.9 Å². The number of halogens is 1. The van der Waals surface area contributed by atoms with E-state index in [1.807, 2.05) is 30.3 Å². The summed E-state index contributed by atoms with van der Waals surface area (Å²) in [6, 6.07) is 9.52. The highest BCUT2D eigenvalue weighted by atomic mass is 35.5. The van der Waals surface area contributed by atoms with Crippen LogP contribution in [0.25, 0.3) is 11.0 Å². The third-order valence-electron chi connectivity index (χ3n) is 6.88. The molecule has 250 valence electrons. The van der Waals surface area contributed by atoms with Gasteiger partial charge in [0, 0.05) is 13.1 Å². The molecule has 0 bridgehead atoms. The van der Waals surface area contributed by atoms with Crippen LogP contribution in [0.2, 0.25) is 5.28 Å². The molecule has 0 spiro atoms. The molecule has 0 aliphatic carbocycles. The van der Waals surface area contributed by atoms with Crippen molar-refractivity contribution in [2.45, 2.75) is 31.1 Å². The lowest BCUT2D eigenvalue weighted by atomic mass is 10.1. The highest BCUT2D eigenvalue weighted by Gasteiger charge is 2.44. The number of aliphatic hydroxyl groups is 3. The molecule has 1 aliphatic rings. The van der Waals surface area contributed by atoms with Crippen LogP contribution in [0.5, 0.6) is 0 Å². The molecular formula is C30H39ClN6O9. The Kier molecular flexibility index (Phi) is 14.4. The molecule has 4 atom stereocenters. The summed E-state index contributed by atoms with van der Waals surface area (Å²) in [6.45, 7) is 3.05. The minimum absolute atomic E-state index is 0.0761. The van der Waals surface area contributed by atoms with Gasteiger partial charge < -0.3 is 49.2 Å². The van der Waals surface area contributed by atoms with Crippen molar-refractivity contribution in [3.8, 4) is 12.3 Å². The van der Waals surface area contributed by atoms with Gasteiger partial charge in [-0.3, -0.25) is 4.79 Å². The maximum atomic E-state index is 13.1. The normalized spacial score (nSPS) is 19.4. The van der Waals surface area contributed by atoms with Crippen LogP contribution in [0.1, 0.15) is 11.8 Å². The zero-order chi connectivity index (χ0) is 32.7. The number of rotatable bonds is 20. The first kappa shape index (κ1) is 35.4. The number of fused-ring (bicyclic) bond motifs is 1. The molecule has 3 heterocycles. The van der Waals surface area contributed by atoms with E-state index in [9.17, 15) is 20.1 Å². The van der Waals surface area contributed by atoms with Crippen LogP contribution in [-0.2, 0) is 35.0 Å². The quantitative estimate of drug-likeness (QED) is 0.0716. The molecule has 1 aliphatic heterocycles. The van der Waals surface area contributed by atoms with Gasteiger partial charge in [-0.15, -0.1) is 6.42 Å². The summed E-state index contributed by atoms with van der Waals surface area (Å²) in [5.74, 6) is 2.44. The maximum absolute atomic E-state index is 13.1. The fourth-order valence-electron chi connectivity index (χ4n) is 4.69. The molecule has 16 heteroatoms. The van der Waals surface area contributed by atoms with E-state index in [4.69, 9.17) is 41.7 Å². The van der Waals surface area contributed by atoms with Gasteiger partial charge in [-0.1, -0.05) is 36.3 Å². The minimum atomic E-state index is -1.37. The molecule has 1 amide bonds. The summed E-state index contributed by atoms with van der Waals surface area (Å²) in [4.78, 5) is 23.5. The number of ether oxygens (including phenoxy) is 5. The number of hydrogen-bond acceptors (Lipinski definition) is 13. The lowest BCUT2D eigenvalue weighted by molar-refractivity contribution is -0.120. The zero-order valence-electron chi connectivity index (χ0n) is 25.2. The molecule has 0 unspecified atom stereocenters. The summed E-state index contributed by atoms with van der Waals surface area (Å²) in [5.41, 5.74) is 1.14. The number of carbonyl (C=O) groups is 1. The Morgan fingerprint density at radius 3 is 2.35 bits per heavy atom. The fraction of sp³-hybridized carbons (Fsp3) is 0.533. The maximum Gasteiger partial charge on any atom is 0.239 e. The molecule has 2 aromatic heterocycles. The Balaban J connectivity index is 1.32. The number of terminal acetylenes is 1. The highest BCUT2D eigenvalue weighted by molar-refractivity contribution is 6.28. The van der Waals surface area contributed by atoms with Gasteiger partial charge in [0.2, 0.25) is 11.2 Å². The fourth-order valence-corrected chi connectivity index (χ4v) is 4.85. The van der Waals surface area contributed by atoms with Gasteiger partial charge in [-0.2, -0.15) is 15.1 Å². The van der Waals surface area contributed by atoms with Crippen LogP contribution in [0.4, 0.5) is 5.82 Å². The van der Waals surface area contributed by atoms with Crippen molar-refractivity contribution in [1.29, 1.82) is 0 Å². The van der Waals surface area contributed by atoms with Crippen LogP contribution < -0.4 is 10.2 Å². The van der Waals surface area contributed by atoms with Gasteiger partial charge in [0.1, 0.15) is 30.7 Å². The Morgan fingerprint density at radius 2 is 1.70 bits per heavy atom. The Labute approximate surface area is 271 Å². The molecule has 1 aromatic carbocycles. The molecule has 3 aromatic rings. The Bertz CT molecular complexity index is 1410. The van der Waals surface area contributed by atoms with E-state index in [1.54, 1.807) is 4.90 Å². The average Bonchev–Trinajstić information content (AvgIpc) is 3.60. The van der Waals surface area contributed by atoms with Crippen molar-refractivity contribution >= 4 is 34.4 Å². The molecule has 46 heavy (non-hydrogen) atoms. The Hall–Kier alpha value is -3.43. The number of aliphatic hydroxyl groups excluding tert-OH is 3. The van der Waals surface area contributed by atoms with Crippen molar-refractivity contribution in [1.82, 2.24) is 25.1 Å². The second-order valence-electron chi connectivity index (χ2n) is 10.2. The van der Waals surface area contributed by atoms with Gasteiger partial charge in [-0.25, -0.2) is 4.68 Å². The summed E-state index contributed by atoms with van der Waals surface area (Å²) < 4.78 is 28.4. The van der Waals surface area contributed by atoms with Crippen LogP contribution in [0.3, 0.4) is 0 Å². The molecular weight excluding hydrogens is 624 g/mol. The summed E-state index contributed by atoms with van der Waals surface area (Å²) >= 11 is 6.34. The van der Waals surface area contributed by atoms with Gasteiger partial charge in [0.25, 0.3) is 0 Å². The number of benzene rings is 1. The third-order valence-corrected chi connectivity index (χ3v) is 7.05. The van der Waals surface area contributed by atoms with Crippen molar-refractivity contribution in [3.63, 3.8) is 0 Å². The number of anilines is 1. The first-order valence-corrected chi connectivity index (χ1v) is 15.1. The number of carbonyl (C=O) groups excluding carboxylic acids is 1. The smallest absolute Gasteiger partial charge is 0.239 e. The van der Waals surface area contributed by atoms with E-state index in [-0.39, 0.29) is 43.1 Å². The lowest BCUT2D eigenvalue weighted by Crippen LogP contribution is -2.39. The molecule has 4 rings (SSSR count). The molecule has 1 fully saturated rings. The van der Waals surface area contributed by atoms with Crippen molar-refractivity contribution < 1.29 is 43.8 Å². The molecule has 1 saturated heterocycles. The summed E-state index contributed by atoms with van der Waals surface area (Å²) in [5, 5.41) is 37.8. The number of amides is 1. The van der Waals surface area contributed by atoms with E-state index >= 15 is 0 Å². The monoisotopic (exact) mass is 662 g/mol. The zero-order valence-corrected chi connectivity index (χ0v) is 26.0. The summed E-state index contributed by atoms with van der Waals surface area (Å²) in [7, 11) is 0. The number of nitrogens with zero attached hydrogens (tertiary/aromatic N) is 5. The van der Waals surface area contributed by atoms with Crippen molar-refractivity contribution in [2.75, 3.05) is 77.5 Å². The van der Waals surface area contributed by atoms with Gasteiger partial charge in [0.05, 0.1) is 71.0 Å². The SMILES string of the molecule is C#CCOCCOCCOCCOCCNC(=O)CN(Cc1ccccc1)c1nc(Cl)nc2c1cnn2[C@@H]1O[C@H](CO)[C@@H](O)[C@H]1O. The first-order chi connectivity index (χ1) is 22.4. The second-order valence-corrected chi connectivity index (χ2v) is 10.5. The predicted octanol–water partition coefficient (Wildman–Crippen LogP) is -0.0864. The molecule has 4 N–H and O–H groups in total. The predicted molar refractivity (Wildman–Crippen MR) is 166 cm³/mol. The van der Waals surface area contributed by atoms with Crippen LogP contribution in [-0.4, -0.2) is 132 Å². The standard InChI is InChI=1S/C30H39ClN6O9/c1-2-9-42-11-13-44-15-16-45-14-12-43-10-8-32-24(39)19-36(18-21-6-4-3-5-7-21)27-22-17-33-37(28(22)35-30(31)34-27)29-26(41)25(40)23(20-38)46-29/h1,3-7,17,23,25-26,29,38,40-41H,8-16,18-20H2,(H,32,39)/t23-,25-,26-,29-/m1/s1. The molecule has 0 saturated carbocycles. The van der Waals surface area contributed by atoms with E-state index < -0.39 is 31.1 Å². The third kappa shape index (κ3) is 10.0. The summed E-state index contributed by atoms with van der Waals surface area (Å²) in [6.07, 6.45) is 1.75. The second kappa shape index (κ2) is 18.6. The van der Waals surface area contributed by atoms with Crippen LogP contribution in [0.15, 0.2) is 36.5 Å². The van der Waals surface area contributed by atoms with Gasteiger partial charge in [-0.05, 0) is 17.2 Å². The number of nitrogens with one attached hydrogen (secondary N) is 1. The van der Waals surface area contributed by atoms with Crippen LogP contribution >= 0.6 is 11.6 Å². The first-order valence-electron chi connectivity index (χ1n) is 14.8. The number of aromatic nitrogens is 4. The topological polar surface area (TPSA) is 183 Å². The van der Waals surface area contributed by atoms with Crippen molar-refractivity contribution in [2.24, 2.45) is 0 Å². The van der Waals surface area contributed by atoms with E-state index in [0.29, 0.717) is 57.4 Å². The van der Waals surface area contributed by atoms with Crippen LogP contribution in [0, 0.1) is 12.3 Å². The van der Waals surface area contributed by atoms with Crippen molar-refractivity contribution in [3.05, 3.63) is 47.4 Å². The van der Waals surface area contributed by atoms with E-state index in [1.165, 1.54) is 10.9 Å². The van der Waals surface area contributed by atoms with E-state index in [0.717, 1.165) is 5.56 Å². The highest BCUT2D eigenvalue weighted by Crippen LogP contribution is 2.33. The van der Waals surface area contributed by atoms with Gasteiger partial charge >= 0.3 is 0 Å². The largest absolute Gasteiger partial charge is 0.394 e. The molecule has 0 radical (unpaired) electrons. The minimum Gasteiger partial charge on any atom is -0.394 e. The average molecular weight is 663 g/mol. The lowest BCUT2D eigenvalue weighted by Gasteiger charge is -2.24. The Morgan fingerprint density at radius 1 is 1.02 bits per heavy atom.